The number of sulfone groups is 1. The molecule has 1 saturated heterocycles. The van der Waals surface area contributed by atoms with Crippen LogP contribution in [-0.2, 0) is 16.3 Å². The summed E-state index contributed by atoms with van der Waals surface area (Å²) in [5.74, 6) is -0.246. The molecule has 240 valence electrons. The summed E-state index contributed by atoms with van der Waals surface area (Å²) in [7, 11) is -3.29. The largest absolute Gasteiger partial charge is 0.386 e. The summed E-state index contributed by atoms with van der Waals surface area (Å²) >= 11 is 6.24. The molecule has 2 aromatic heterocycles. The molecule has 1 aliphatic heterocycles. The Labute approximate surface area is 266 Å². The Morgan fingerprint density at radius 2 is 1.98 bits per heavy atom. The second-order valence-electron chi connectivity index (χ2n) is 11.6. The normalized spacial score (nSPS) is 19.2. The van der Waals surface area contributed by atoms with E-state index >= 15 is 4.39 Å². The summed E-state index contributed by atoms with van der Waals surface area (Å²) in [6.45, 7) is 2.47. The highest BCUT2D eigenvalue weighted by atomic mass is 35.5. The minimum atomic E-state index is -3.29. The maximum Gasteiger partial charge on any atom is 0.354 e. The third-order valence-electron chi connectivity index (χ3n) is 7.90. The number of amidine groups is 1. The van der Waals surface area contributed by atoms with Gasteiger partial charge in [-0.1, -0.05) is 23.7 Å². The number of nitrogens with zero attached hydrogens (tertiary/aromatic N) is 3. The Kier molecular flexibility index (Phi) is 10.0. The molecule has 5 rings (SSSR count). The molecule has 8 N–H and O–H groups in total. The van der Waals surface area contributed by atoms with Gasteiger partial charge >= 0.3 is 5.69 Å². The summed E-state index contributed by atoms with van der Waals surface area (Å²) in [5.41, 5.74) is 19.7. The Bertz CT molecular complexity index is 1870. The second-order valence-corrected chi connectivity index (χ2v) is 14.2. The first kappa shape index (κ1) is 32.8. The molecule has 1 aliphatic rings. The topological polar surface area (TPSA) is 187 Å². The van der Waals surface area contributed by atoms with Crippen LogP contribution in [0.4, 0.5) is 4.39 Å². The lowest BCUT2D eigenvalue weighted by Gasteiger charge is -2.31. The van der Waals surface area contributed by atoms with Gasteiger partial charge in [-0.15, -0.1) is 0 Å². The Hall–Kier alpha value is -3.62. The summed E-state index contributed by atoms with van der Waals surface area (Å²) in [4.78, 5) is 24.4. The minimum absolute atomic E-state index is 0.0194. The standard InChI is InChI=1S/C31H38ClFN8O3S/c1-18(35)3-2-4-19-11-24(29(33)25(32)12-19)26-13-21-15-41(31(42)40-30(21)39-26)23-7-5-20(6-8-23)27-17-45(43,44)16-22(38-27)9-10-37-28(36)14-34/h5-8,11-13,15,18,22,27,38H,2-4,9-10,14,16-17,34-35H2,1H3,(H2,36,37)(H,39,40,42)/t18-,22+,27-/m0/s1. The number of fused-ring (bicyclic) bond motifs is 1. The minimum Gasteiger partial charge on any atom is -0.386 e. The molecule has 2 aromatic carbocycles. The van der Waals surface area contributed by atoms with E-state index in [2.05, 4.69) is 20.3 Å². The van der Waals surface area contributed by atoms with Gasteiger partial charge in [-0.2, -0.15) is 4.98 Å². The van der Waals surface area contributed by atoms with E-state index in [0.717, 1.165) is 24.0 Å². The predicted molar refractivity (Wildman–Crippen MR) is 177 cm³/mol. The maximum atomic E-state index is 15.1. The molecule has 45 heavy (non-hydrogen) atoms. The van der Waals surface area contributed by atoms with Gasteiger partial charge in [0.25, 0.3) is 0 Å². The zero-order valence-corrected chi connectivity index (χ0v) is 26.5. The summed E-state index contributed by atoms with van der Waals surface area (Å²) in [6.07, 6.45) is 4.53. The van der Waals surface area contributed by atoms with Crippen LogP contribution in [0.3, 0.4) is 0 Å². The predicted octanol–water partition coefficient (Wildman–Crippen LogP) is 2.98. The van der Waals surface area contributed by atoms with Crippen LogP contribution in [0, 0.1) is 5.82 Å². The smallest absolute Gasteiger partial charge is 0.354 e. The van der Waals surface area contributed by atoms with E-state index in [-0.39, 0.29) is 35.2 Å². The number of hydrogen-bond donors (Lipinski definition) is 5. The molecule has 0 aliphatic carbocycles. The van der Waals surface area contributed by atoms with Crippen molar-refractivity contribution in [3.8, 4) is 16.9 Å². The fraction of sp³-hybridized carbons (Fsp3) is 0.387. The van der Waals surface area contributed by atoms with Gasteiger partial charge in [0.1, 0.15) is 11.5 Å². The van der Waals surface area contributed by atoms with E-state index in [1.165, 1.54) is 4.57 Å². The van der Waals surface area contributed by atoms with Crippen molar-refractivity contribution < 1.29 is 12.8 Å². The zero-order chi connectivity index (χ0) is 32.3. The second kappa shape index (κ2) is 13.8. The third-order valence-corrected chi connectivity index (χ3v) is 9.93. The molecule has 0 amide bonds. The number of rotatable bonds is 11. The molecule has 3 heterocycles. The first-order valence-corrected chi connectivity index (χ1v) is 17.0. The van der Waals surface area contributed by atoms with E-state index in [4.69, 9.17) is 28.8 Å². The highest BCUT2D eigenvalue weighted by Gasteiger charge is 2.31. The summed E-state index contributed by atoms with van der Waals surface area (Å²) in [6, 6.07) is 11.6. The Morgan fingerprint density at radius 3 is 2.69 bits per heavy atom. The van der Waals surface area contributed by atoms with Crippen molar-refractivity contribution in [2.75, 3.05) is 24.6 Å². The lowest BCUT2D eigenvalue weighted by molar-refractivity contribution is 0.433. The van der Waals surface area contributed by atoms with Gasteiger partial charge in [0, 0.05) is 41.8 Å². The number of H-pyrrole nitrogens is 1. The van der Waals surface area contributed by atoms with Gasteiger partial charge < -0.3 is 27.5 Å². The molecule has 11 nitrogen and oxygen atoms in total. The van der Waals surface area contributed by atoms with Crippen molar-refractivity contribution in [3.63, 3.8) is 0 Å². The molecule has 3 atom stereocenters. The van der Waals surface area contributed by atoms with Crippen LogP contribution < -0.4 is 28.2 Å². The number of halogens is 2. The fourth-order valence-corrected chi connectivity index (χ4v) is 7.65. The molecule has 4 aromatic rings. The monoisotopic (exact) mass is 656 g/mol. The number of aromatic amines is 1. The van der Waals surface area contributed by atoms with Crippen molar-refractivity contribution in [3.05, 3.63) is 81.1 Å². The maximum absolute atomic E-state index is 15.1. The number of aryl methyl sites for hydroxylation is 1. The van der Waals surface area contributed by atoms with E-state index in [1.807, 2.05) is 6.92 Å². The molecule has 0 unspecified atom stereocenters. The number of aliphatic imine (C=N–C) groups is 1. The van der Waals surface area contributed by atoms with Crippen LogP contribution in [0.15, 0.2) is 58.4 Å². The van der Waals surface area contributed by atoms with Crippen molar-refractivity contribution >= 4 is 38.3 Å². The molecular formula is C31H38ClFN8O3S. The van der Waals surface area contributed by atoms with Gasteiger partial charge in [-0.25, -0.2) is 17.6 Å². The fourth-order valence-electron chi connectivity index (χ4n) is 5.60. The van der Waals surface area contributed by atoms with Gasteiger partial charge in [-0.05, 0) is 74.1 Å². The molecule has 0 radical (unpaired) electrons. The number of benzene rings is 2. The highest BCUT2D eigenvalue weighted by molar-refractivity contribution is 7.91. The van der Waals surface area contributed by atoms with Crippen molar-refractivity contribution in [2.45, 2.75) is 50.7 Å². The van der Waals surface area contributed by atoms with Crippen LogP contribution in [0.1, 0.15) is 43.4 Å². The highest BCUT2D eigenvalue weighted by Crippen LogP contribution is 2.31. The Balaban J connectivity index is 1.37. The number of aromatic nitrogens is 3. The average Bonchev–Trinajstić information content (AvgIpc) is 3.40. The van der Waals surface area contributed by atoms with Crippen LogP contribution in [0.5, 0.6) is 0 Å². The van der Waals surface area contributed by atoms with E-state index in [0.29, 0.717) is 53.2 Å². The van der Waals surface area contributed by atoms with Crippen molar-refractivity contribution in [2.24, 2.45) is 22.2 Å². The number of nitrogens with two attached hydrogens (primary N) is 3. The van der Waals surface area contributed by atoms with Gasteiger partial charge in [0.15, 0.2) is 15.7 Å². The number of nitrogens with one attached hydrogen (secondary N) is 2. The van der Waals surface area contributed by atoms with Crippen molar-refractivity contribution in [1.29, 1.82) is 0 Å². The Morgan fingerprint density at radius 1 is 1.22 bits per heavy atom. The molecular weight excluding hydrogens is 619 g/mol. The van der Waals surface area contributed by atoms with Gasteiger partial charge in [-0.3, -0.25) is 9.56 Å². The van der Waals surface area contributed by atoms with Gasteiger partial charge in [0.2, 0.25) is 0 Å². The van der Waals surface area contributed by atoms with Crippen LogP contribution in [-0.4, -0.2) is 65.5 Å². The van der Waals surface area contributed by atoms with E-state index < -0.39 is 27.4 Å². The molecule has 14 heteroatoms. The first-order chi connectivity index (χ1) is 21.4. The molecule has 0 spiro atoms. The van der Waals surface area contributed by atoms with Crippen LogP contribution >= 0.6 is 11.6 Å². The SMILES string of the molecule is C[C@H](N)CCCc1cc(Cl)c(F)c(-c2cc3cn(-c4ccc([C@@H]5CS(=O)(=O)C[C@@H](CCN=C(N)CN)N5)cc4)c(=O)nc3[nH]2)c1. The zero-order valence-electron chi connectivity index (χ0n) is 25.0. The third kappa shape index (κ3) is 7.97. The molecule has 0 bridgehead atoms. The van der Waals surface area contributed by atoms with E-state index in [1.54, 1.807) is 48.7 Å². The number of hydrogen-bond acceptors (Lipinski definition) is 8. The first-order valence-electron chi connectivity index (χ1n) is 14.8. The van der Waals surface area contributed by atoms with Crippen LogP contribution in [0.2, 0.25) is 5.02 Å². The van der Waals surface area contributed by atoms with Crippen LogP contribution in [0.25, 0.3) is 28.0 Å². The van der Waals surface area contributed by atoms with E-state index in [9.17, 15) is 13.2 Å². The lowest BCUT2D eigenvalue weighted by atomic mass is 10.0. The molecule has 0 saturated carbocycles. The van der Waals surface area contributed by atoms with Gasteiger partial charge in [0.05, 0.1) is 34.5 Å². The quantitative estimate of drug-likeness (QED) is 0.120. The lowest BCUT2D eigenvalue weighted by Crippen LogP contribution is -2.47. The summed E-state index contributed by atoms with van der Waals surface area (Å²) < 4.78 is 41.9. The molecule has 1 fully saturated rings. The average molecular weight is 657 g/mol. The van der Waals surface area contributed by atoms with Crippen molar-refractivity contribution in [1.82, 2.24) is 19.9 Å². The summed E-state index contributed by atoms with van der Waals surface area (Å²) in [5, 5.41) is 4.03.